The predicted molar refractivity (Wildman–Crippen MR) is 128 cm³/mol. The molecule has 8 heteroatoms. The van der Waals surface area contributed by atoms with E-state index >= 15 is 0 Å². The molecule has 8 nitrogen and oxygen atoms in total. The number of rotatable bonds is 3. The molecule has 1 atom stereocenters. The van der Waals surface area contributed by atoms with Crippen molar-refractivity contribution in [2.75, 3.05) is 7.11 Å². The molecule has 2 aromatic carbocycles. The Bertz CT molecular complexity index is 1540. The maximum absolute atomic E-state index is 13.6. The summed E-state index contributed by atoms with van der Waals surface area (Å²) >= 11 is 0. The van der Waals surface area contributed by atoms with Gasteiger partial charge in [-0.3, -0.25) is 4.79 Å². The SMILES string of the molecule is COc1ccccc1[C@@H]1C2=C(CC(C)(C)CC2=O)Oc2ncn3nc(-c4ccccc4O)nc3c21. The first-order chi connectivity index (χ1) is 16.9. The van der Waals surface area contributed by atoms with Gasteiger partial charge >= 0.3 is 0 Å². The normalized spacial score (nSPS) is 18.7. The summed E-state index contributed by atoms with van der Waals surface area (Å²) < 4.78 is 13.6. The van der Waals surface area contributed by atoms with Gasteiger partial charge in [-0.1, -0.05) is 44.2 Å². The van der Waals surface area contributed by atoms with Gasteiger partial charge in [0.2, 0.25) is 5.88 Å². The molecule has 0 saturated heterocycles. The van der Waals surface area contributed by atoms with Gasteiger partial charge in [0.25, 0.3) is 0 Å². The van der Waals surface area contributed by atoms with Gasteiger partial charge in [-0.25, -0.2) is 14.5 Å². The van der Waals surface area contributed by atoms with Crippen LogP contribution in [0.5, 0.6) is 17.4 Å². The molecule has 4 aromatic rings. The number of aromatic hydroxyl groups is 1. The Hall–Kier alpha value is -4.20. The maximum atomic E-state index is 13.6. The van der Waals surface area contributed by atoms with Crippen molar-refractivity contribution in [3.05, 3.63) is 77.3 Å². The average molecular weight is 469 g/mol. The lowest BCUT2D eigenvalue weighted by atomic mass is 9.70. The van der Waals surface area contributed by atoms with Crippen LogP contribution < -0.4 is 9.47 Å². The second-order valence-corrected chi connectivity index (χ2v) is 9.74. The molecule has 3 heterocycles. The van der Waals surface area contributed by atoms with Crippen LogP contribution in [0.15, 0.2) is 66.2 Å². The fourth-order valence-electron chi connectivity index (χ4n) is 5.14. The molecule has 0 unspecified atom stereocenters. The Labute approximate surface area is 201 Å². The number of phenols is 1. The molecule has 0 spiro atoms. The van der Waals surface area contributed by atoms with Crippen molar-refractivity contribution < 1.29 is 19.4 Å². The minimum Gasteiger partial charge on any atom is -0.507 e. The van der Waals surface area contributed by atoms with Crippen LogP contribution in [0.3, 0.4) is 0 Å². The van der Waals surface area contributed by atoms with Crippen molar-refractivity contribution in [2.45, 2.75) is 32.6 Å². The highest BCUT2D eigenvalue weighted by Crippen LogP contribution is 2.51. The van der Waals surface area contributed by atoms with Crippen molar-refractivity contribution in [1.29, 1.82) is 0 Å². The molecule has 0 radical (unpaired) electrons. The van der Waals surface area contributed by atoms with Crippen molar-refractivity contribution in [1.82, 2.24) is 19.6 Å². The third-order valence-electron chi connectivity index (χ3n) is 6.66. The predicted octanol–water partition coefficient (Wildman–Crippen LogP) is 4.67. The van der Waals surface area contributed by atoms with Crippen molar-refractivity contribution in [3.63, 3.8) is 0 Å². The zero-order chi connectivity index (χ0) is 24.3. The van der Waals surface area contributed by atoms with E-state index in [1.54, 1.807) is 36.2 Å². The summed E-state index contributed by atoms with van der Waals surface area (Å²) in [6, 6.07) is 14.6. The van der Waals surface area contributed by atoms with E-state index in [0.29, 0.717) is 58.4 Å². The number of hydrogen-bond acceptors (Lipinski definition) is 7. The number of ether oxygens (including phenoxy) is 2. The van der Waals surface area contributed by atoms with E-state index in [0.717, 1.165) is 5.56 Å². The van der Waals surface area contributed by atoms with Gasteiger partial charge in [0.15, 0.2) is 17.3 Å². The highest BCUT2D eigenvalue weighted by atomic mass is 16.5. The van der Waals surface area contributed by atoms with E-state index in [-0.39, 0.29) is 16.9 Å². The Kier molecular flexibility index (Phi) is 4.67. The number of fused-ring (bicyclic) bond motifs is 3. The Balaban J connectivity index is 1.64. The van der Waals surface area contributed by atoms with Crippen molar-refractivity contribution in [2.24, 2.45) is 5.41 Å². The first-order valence-electron chi connectivity index (χ1n) is 11.5. The number of benzene rings is 2. The van der Waals surface area contributed by atoms with Gasteiger partial charge in [0.1, 0.15) is 23.6 Å². The fourth-order valence-corrected chi connectivity index (χ4v) is 5.14. The van der Waals surface area contributed by atoms with E-state index in [2.05, 4.69) is 23.9 Å². The van der Waals surface area contributed by atoms with Crippen LogP contribution in [-0.2, 0) is 4.79 Å². The van der Waals surface area contributed by atoms with Gasteiger partial charge in [-0.15, -0.1) is 5.10 Å². The van der Waals surface area contributed by atoms with Gasteiger partial charge in [-0.2, -0.15) is 0 Å². The van der Waals surface area contributed by atoms with Crippen LogP contribution in [0.4, 0.5) is 0 Å². The third kappa shape index (κ3) is 3.36. The van der Waals surface area contributed by atoms with Crippen molar-refractivity contribution in [3.8, 4) is 28.8 Å². The lowest BCUT2D eigenvalue weighted by molar-refractivity contribution is -0.118. The number of allylic oxidation sites excluding steroid dienone is 2. The van der Waals surface area contributed by atoms with Crippen LogP contribution in [0.1, 0.15) is 43.7 Å². The first-order valence-corrected chi connectivity index (χ1v) is 11.5. The Morgan fingerprint density at radius 3 is 2.69 bits per heavy atom. The molecule has 176 valence electrons. The number of aromatic nitrogens is 4. The van der Waals surface area contributed by atoms with E-state index in [1.165, 1.54) is 0 Å². The summed E-state index contributed by atoms with van der Waals surface area (Å²) in [5, 5.41) is 14.9. The summed E-state index contributed by atoms with van der Waals surface area (Å²) in [5.41, 5.74) is 2.90. The Morgan fingerprint density at radius 1 is 1.11 bits per heavy atom. The fraction of sp³-hybridized carbons (Fsp3) is 0.259. The number of Topliss-reactive ketones (excluding diaryl/α,β-unsaturated/α-hetero) is 1. The number of hydrogen-bond donors (Lipinski definition) is 1. The Morgan fingerprint density at radius 2 is 1.89 bits per heavy atom. The van der Waals surface area contributed by atoms with Crippen LogP contribution in [0.2, 0.25) is 0 Å². The average Bonchev–Trinajstić information content (AvgIpc) is 3.26. The molecule has 35 heavy (non-hydrogen) atoms. The third-order valence-corrected chi connectivity index (χ3v) is 6.66. The summed E-state index contributed by atoms with van der Waals surface area (Å²) in [5.74, 6) is 1.70. The molecule has 0 fully saturated rings. The quantitative estimate of drug-likeness (QED) is 0.466. The topological polar surface area (TPSA) is 98.8 Å². The maximum Gasteiger partial charge on any atom is 0.228 e. The van der Waals surface area contributed by atoms with Crippen LogP contribution in [0.25, 0.3) is 17.0 Å². The van der Waals surface area contributed by atoms with Crippen LogP contribution in [-0.4, -0.2) is 37.6 Å². The van der Waals surface area contributed by atoms with Crippen LogP contribution in [0, 0.1) is 5.41 Å². The van der Waals surface area contributed by atoms with E-state index in [4.69, 9.17) is 14.5 Å². The lowest BCUT2D eigenvalue weighted by Crippen LogP contribution is -2.33. The van der Waals surface area contributed by atoms with E-state index in [1.807, 2.05) is 30.3 Å². The zero-order valence-corrected chi connectivity index (χ0v) is 19.6. The largest absolute Gasteiger partial charge is 0.507 e. The number of carbonyl (C=O) groups excluding carboxylic acids is 1. The number of phenolic OH excluding ortho intramolecular Hbond substituents is 1. The molecule has 0 saturated carbocycles. The summed E-state index contributed by atoms with van der Waals surface area (Å²) in [4.78, 5) is 22.9. The number of nitrogens with zero attached hydrogens (tertiary/aromatic N) is 4. The van der Waals surface area contributed by atoms with Gasteiger partial charge in [0.05, 0.1) is 24.2 Å². The highest BCUT2D eigenvalue weighted by molar-refractivity contribution is 6.00. The number of carbonyl (C=O) groups is 1. The zero-order valence-electron chi connectivity index (χ0n) is 19.6. The molecule has 0 amide bonds. The highest BCUT2D eigenvalue weighted by Gasteiger charge is 2.44. The molecular weight excluding hydrogens is 444 g/mol. The van der Waals surface area contributed by atoms with Crippen molar-refractivity contribution >= 4 is 11.4 Å². The monoisotopic (exact) mass is 468 g/mol. The van der Waals surface area contributed by atoms with Gasteiger partial charge in [-0.05, 0) is 23.6 Å². The molecule has 1 N–H and O–H groups in total. The molecule has 2 aromatic heterocycles. The molecular formula is C27H24N4O4. The summed E-state index contributed by atoms with van der Waals surface area (Å²) in [7, 11) is 1.62. The van der Waals surface area contributed by atoms with Gasteiger partial charge < -0.3 is 14.6 Å². The second kappa shape index (κ2) is 7.66. The van der Waals surface area contributed by atoms with E-state index in [9.17, 15) is 9.90 Å². The second-order valence-electron chi connectivity index (χ2n) is 9.74. The molecule has 2 aliphatic rings. The number of methoxy groups -OCH3 is 1. The smallest absolute Gasteiger partial charge is 0.228 e. The summed E-state index contributed by atoms with van der Waals surface area (Å²) in [6.45, 7) is 4.14. The number of para-hydroxylation sites is 2. The molecule has 6 rings (SSSR count). The first kappa shape index (κ1) is 21.3. The van der Waals surface area contributed by atoms with E-state index < -0.39 is 5.92 Å². The lowest BCUT2D eigenvalue weighted by Gasteiger charge is -2.37. The molecule has 0 bridgehead atoms. The minimum atomic E-state index is -0.480. The van der Waals surface area contributed by atoms with Crippen LogP contribution >= 0.6 is 0 Å². The standard InChI is InChI=1S/C27H24N4O4/c1-27(2)12-18(33)22-20(13-27)35-26-23(21(22)16-9-5-7-11-19(16)34-3)25-29-24(30-31(25)14-28-26)15-8-4-6-10-17(15)32/h4-11,14,21,32H,12-13H2,1-3H3/t21-/m1/s1. The van der Waals surface area contributed by atoms with Gasteiger partial charge in [0, 0.05) is 24.0 Å². The summed E-state index contributed by atoms with van der Waals surface area (Å²) in [6.07, 6.45) is 2.59. The molecule has 1 aliphatic heterocycles. The minimum absolute atomic E-state index is 0.0419. The number of ketones is 1. The molecule has 1 aliphatic carbocycles.